The zero-order valence-corrected chi connectivity index (χ0v) is 16.3. The number of hydrogen-bond acceptors (Lipinski definition) is 3. The van der Waals surface area contributed by atoms with Gasteiger partial charge in [0.2, 0.25) is 5.91 Å². The number of hydrogen-bond donors (Lipinski definition) is 0. The molecule has 0 radical (unpaired) electrons. The molecule has 3 rings (SSSR count). The second-order valence-electron chi connectivity index (χ2n) is 7.43. The molecule has 2 aromatic rings. The molecule has 4 unspecified atom stereocenters. The second-order valence-corrected chi connectivity index (χ2v) is 7.43. The van der Waals surface area contributed by atoms with Gasteiger partial charge in [0.25, 0.3) is 0 Å². The van der Waals surface area contributed by atoms with Crippen molar-refractivity contribution < 1.29 is 14.3 Å². The van der Waals surface area contributed by atoms with Gasteiger partial charge in [-0.05, 0) is 11.1 Å². The first-order valence-corrected chi connectivity index (χ1v) is 9.47. The monoisotopic (exact) mass is 365 g/mol. The Labute approximate surface area is 161 Å². The molecule has 4 heteroatoms. The van der Waals surface area contributed by atoms with Gasteiger partial charge in [-0.2, -0.15) is 0 Å². The molecule has 0 N–H and O–H groups in total. The maximum atomic E-state index is 12.8. The topological polar surface area (TPSA) is 46.6 Å². The normalized spacial score (nSPS) is 27.9. The van der Waals surface area contributed by atoms with Crippen LogP contribution in [0.5, 0.6) is 0 Å². The summed E-state index contributed by atoms with van der Waals surface area (Å²) in [4.78, 5) is 26.6. The summed E-state index contributed by atoms with van der Waals surface area (Å²) in [6.45, 7) is 7.21. The van der Waals surface area contributed by atoms with E-state index in [9.17, 15) is 9.59 Å². The number of esters is 1. The minimum absolute atomic E-state index is 0.0184. The fourth-order valence-corrected chi connectivity index (χ4v) is 4.54. The molecule has 142 valence electrons. The van der Waals surface area contributed by atoms with Gasteiger partial charge in [0.05, 0.1) is 12.1 Å². The van der Waals surface area contributed by atoms with Crippen molar-refractivity contribution in [1.29, 1.82) is 0 Å². The first-order chi connectivity index (χ1) is 12.9. The molecule has 4 atom stereocenters. The van der Waals surface area contributed by atoms with Gasteiger partial charge in [-0.3, -0.25) is 9.59 Å². The molecule has 2 aromatic carbocycles. The quantitative estimate of drug-likeness (QED) is 0.751. The van der Waals surface area contributed by atoms with E-state index < -0.39 is 0 Å². The van der Waals surface area contributed by atoms with Gasteiger partial charge in [0.1, 0.15) is 6.10 Å². The Morgan fingerprint density at radius 2 is 1.19 bits per heavy atom. The van der Waals surface area contributed by atoms with E-state index >= 15 is 0 Å². The lowest BCUT2D eigenvalue weighted by molar-refractivity contribution is -0.169. The van der Waals surface area contributed by atoms with E-state index in [-0.39, 0.29) is 41.9 Å². The zero-order chi connectivity index (χ0) is 19.6. The number of rotatable bonds is 3. The summed E-state index contributed by atoms with van der Waals surface area (Å²) < 4.78 is 5.77. The smallest absolute Gasteiger partial charge is 0.302 e. The number of benzene rings is 2. The molecule has 0 saturated carbocycles. The van der Waals surface area contributed by atoms with E-state index in [4.69, 9.17) is 4.74 Å². The average molecular weight is 365 g/mol. The van der Waals surface area contributed by atoms with Crippen molar-refractivity contribution >= 4 is 11.9 Å². The number of carbonyl (C=O) groups excluding carboxylic acids is 2. The van der Waals surface area contributed by atoms with Crippen LogP contribution in [0.15, 0.2) is 60.7 Å². The second kappa shape index (κ2) is 7.95. The van der Waals surface area contributed by atoms with Crippen LogP contribution in [0.1, 0.15) is 50.9 Å². The van der Waals surface area contributed by atoms with Crippen molar-refractivity contribution in [2.75, 3.05) is 0 Å². The van der Waals surface area contributed by atoms with E-state index in [1.807, 2.05) is 65.6 Å². The summed E-state index contributed by atoms with van der Waals surface area (Å²) in [6, 6.07) is 19.7. The van der Waals surface area contributed by atoms with Gasteiger partial charge in [-0.25, -0.2) is 0 Å². The molecule has 0 aromatic heterocycles. The molecule has 1 saturated heterocycles. The highest BCUT2D eigenvalue weighted by Gasteiger charge is 2.49. The van der Waals surface area contributed by atoms with Gasteiger partial charge >= 0.3 is 5.97 Å². The first-order valence-electron chi connectivity index (χ1n) is 9.47. The fourth-order valence-electron chi connectivity index (χ4n) is 4.54. The van der Waals surface area contributed by atoms with Gasteiger partial charge < -0.3 is 9.64 Å². The summed E-state index contributed by atoms with van der Waals surface area (Å²) in [6.07, 6.45) is -0.270. The standard InChI is InChI=1S/C23H27NO3/c1-15-21(19-11-7-5-8-12-19)24(17(3)25)22(20-13-9-6-10-14-20)16(2)23(15)27-18(4)26/h5-16,21-23H,1-4H3. The average Bonchev–Trinajstić information content (AvgIpc) is 2.65. The van der Waals surface area contributed by atoms with Crippen LogP contribution in [-0.4, -0.2) is 22.9 Å². The molecule has 1 aliphatic rings. The number of likely N-dealkylation sites (tertiary alicyclic amines) is 1. The Kier molecular flexibility index (Phi) is 5.64. The van der Waals surface area contributed by atoms with Crippen molar-refractivity contribution in [2.24, 2.45) is 11.8 Å². The van der Waals surface area contributed by atoms with Crippen LogP contribution in [0, 0.1) is 11.8 Å². The Balaban J connectivity index is 2.15. The lowest BCUT2D eigenvalue weighted by Gasteiger charge is -2.52. The van der Waals surface area contributed by atoms with E-state index in [2.05, 4.69) is 13.8 Å². The molecule has 0 spiro atoms. The highest BCUT2D eigenvalue weighted by Crippen LogP contribution is 2.49. The predicted octanol–water partition coefficient (Wildman–Crippen LogP) is 4.54. The van der Waals surface area contributed by atoms with Crippen LogP contribution >= 0.6 is 0 Å². The first kappa shape index (κ1) is 19.2. The van der Waals surface area contributed by atoms with Crippen LogP contribution in [0.2, 0.25) is 0 Å². The Hall–Kier alpha value is -2.62. The Morgan fingerprint density at radius 3 is 1.52 bits per heavy atom. The molecule has 0 bridgehead atoms. The third-order valence-corrected chi connectivity index (χ3v) is 5.58. The van der Waals surface area contributed by atoms with Gasteiger partial charge in [-0.15, -0.1) is 0 Å². The van der Waals surface area contributed by atoms with E-state index in [1.54, 1.807) is 6.92 Å². The molecule has 27 heavy (non-hydrogen) atoms. The molecule has 4 nitrogen and oxygen atoms in total. The van der Waals surface area contributed by atoms with Crippen LogP contribution in [0.3, 0.4) is 0 Å². The number of ether oxygens (including phenoxy) is 1. The maximum absolute atomic E-state index is 12.8. The third-order valence-electron chi connectivity index (χ3n) is 5.58. The minimum Gasteiger partial charge on any atom is -0.462 e. The zero-order valence-electron chi connectivity index (χ0n) is 16.3. The number of nitrogens with zero attached hydrogens (tertiary/aromatic N) is 1. The lowest BCUT2D eigenvalue weighted by atomic mass is 9.73. The van der Waals surface area contributed by atoms with Crippen LogP contribution in [-0.2, 0) is 14.3 Å². The Morgan fingerprint density at radius 1 is 0.778 bits per heavy atom. The largest absolute Gasteiger partial charge is 0.462 e. The minimum atomic E-state index is -0.284. The maximum Gasteiger partial charge on any atom is 0.302 e. The number of amides is 1. The molecular weight excluding hydrogens is 338 g/mol. The van der Waals surface area contributed by atoms with Crippen molar-refractivity contribution in [1.82, 2.24) is 4.90 Å². The van der Waals surface area contributed by atoms with Gasteiger partial charge in [0, 0.05) is 25.7 Å². The van der Waals surface area contributed by atoms with Crippen molar-refractivity contribution in [2.45, 2.75) is 45.9 Å². The van der Waals surface area contributed by atoms with E-state index in [0.717, 1.165) is 11.1 Å². The Bertz CT molecular complexity index is 736. The number of piperidine rings is 1. The summed E-state index contributed by atoms with van der Waals surface area (Å²) >= 11 is 0. The summed E-state index contributed by atoms with van der Waals surface area (Å²) in [5, 5.41) is 0. The van der Waals surface area contributed by atoms with Crippen LogP contribution < -0.4 is 0 Å². The number of carbonyl (C=O) groups is 2. The molecule has 0 aliphatic carbocycles. The predicted molar refractivity (Wildman–Crippen MR) is 105 cm³/mol. The third kappa shape index (κ3) is 3.75. The molecule has 1 amide bonds. The highest BCUT2D eigenvalue weighted by atomic mass is 16.5. The van der Waals surface area contributed by atoms with Crippen molar-refractivity contribution in [3.8, 4) is 0 Å². The van der Waals surface area contributed by atoms with Gasteiger partial charge in [-0.1, -0.05) is 74.5 Å². The highest BCUT2D eigenvalue weighted by molar-refractivity contribution is 5.75. The van der Waals surface area contributed by atoms with Crippen LogP contribution in [0.25, 0.3) is 0 Å². The summed E-state index contributed by atoms with van der Waals surface area (Å²) in [7, 11) is 0. The fraction of sp³-hybridized carbons (Fsp3) is 0.391. The molecule has 1 heterocycles. The summed E-state index contributed by atoms with van der Waals surface area (Å²) in [5.41, 5.74) is 2.12. The lowest BCUT2D eigenvalue weighted by Crippen LogP contribution is -2.54. The SMILES string of the molecule is CC(=O)OC1C(C)C(c2ccccc2)N(C(C)=O)C(c2ccccc2)C1C. The molecule has 1 fully saturated rings. The van der Waals surface area contributed by atoms with Crippen LogP contribution in [0.4, 0.5) is 0 Å². The van der Waals surface area contributed by atoms with Crippen molar-refractivity contribution in [3.63, 3.8) is 0 Å². The van der Waals surface area contributed by atoms with Crippen molar-refractivity contribution in [3.05, 3.63) is 71.8 Å². The van der Waals surface area contributed by atoms with E-state index in [1.165, 1.54) is 6.92 Å². The molecule has 1 aliphatic heterocycles. The van der Waals surface area contributed by atoms with E-state index in [0.29, 0.717) is 0 Å². The molecular formula is C23H27NO3. The summed E-state index contributed by atoms with van der Waals surface area (Å²) in [5.74, 6) is -0.295. The van der Waals surface area contributed by atoms with Gasteiger partial charge in [0.15, 0.2) is 0 Å².